The third-order valence-electron chi connectivity index (χ3n) is 5.39. The summed E-state index contributed by atoms with van der Waals surface area (Å²) in [6, 6.07) is 7.72. The number of likely N-dealkylation sites (tertiary alicyclic amines) is 1. The summed E-state index contributed by atoms with van der Waals surface area (Å²) in [5.41, 5.74) is 0.749. The molecular weight excluding hydrogens is 346 g/mol. The summed E-state index contributed by atoms with van der Waals surface area (Å²) in [5, 5.41) is 19.3. The van der Waals surface area contributed by atoms with Crippen LogP contribution in [0.15, 0.2) is 24.3 Å². The van der Waals surface area contributed by atoms with Crippen LogP contribution in [0.1, 0.15) is 19.3 Å². The predicted molar refractivity (Wildman–Crippen MR) is 100 cm³/mol. The van der Waals surface area contributed by atoms with Gasteiger partial charge in [-0.3, -0.25) is 4.79 Å². The van der Waals surface area contributed by atoms with Gasteiger partial charge in [0.2, 0.25) is 5.91 Å². The van der Waals surface area contributed by atoms with E-state index in [2.05, 4.69) is 15.2 Å². The Labute approximate surface area is 158 Å². The Morgan fingerprint density at radius 2 is 2.04 bits per heavy atom. The Balaban J connectivity index is 1.38. The van der Waals surface area contributed by atoms with Crippen molar-refractivity contribution in [2.24, 2.45) is 0 Å². The second kappa shape index (κ2) is 7.92. The summed E-state index contributed by atoms with van der Waals surface area (Å²) in [6.45, 7) is 4.62. The fourth-order valence-electron chi connectivity index (χ4n) is 4.02. The van der Waals surface area contributed by atoms with E-state index in [1.54, 1.807) is 9.58 Å². The maximum atomic E-state index is 12.8. The van der Waals surface area contributed by atoms with E-state index in [9.17, 15) is 9.90 Å². The van der Waals surface area contributed by atoms with Crippen molar-refractivity contribution < 1.29 is 14.6 Å². The van der Waals surface area contributed by atoms with Crippen molar-refractivity contribution >= 4 is 16.9 Å². The quantitative estimate of drug-likeness (QED) is 0.822. The summed E-state index contributed by atoms with van der Waals surface area (Å²) >= 11 is 0. The maximum Gasteiger partial charge on any atom is 0.224 e. The molecule has 2 saturated heterocycles. The van der Waals surface area contributed by atoms with E-state index < -0.39 is 5.60 Å². The van der Waals surface area contributed by atoms with Crippen LogP contribution < -0.4 is 0 Å². The summed E-state index contributed by atoms with van der Waals surface area (Å²) < 4.78 is 7.37. The number of para-hydroxylation sites is 1. The molecule has 0 radical (unpaired) electrons. The topological polar surface area (TPSA) is 83.7 Å². The molecule has 2 aromatic rings. The van der Waals surface area contributed by atoms with Crippen molar-refractivity contribution in [3.05, 3.63) is 24.3 Å². The van der Waals surface area contributed by atoms with E-state index in [1.165, 1.54) is 12.8 Å². The maximum absolute atomic E-state index is 12.8. The van der Waals surface area contributed by atoms with Crippen LogP contribution in [0.4, 0.5) is 0 Å². The van der Waals surface area contributed by atoms with Crippen molar-refractivity contribution in [2.45, 2.75) is 31.4 Å². The molecule has 0 bridgehead atoms. The molecule has 0 unspecified atom stereocenters. The molecule has 146 valence electrons. The van der Waals surface area contributed by atoms with Gasteiger partial charge >= 0.3 is 0 Å². The van der Waals surface area contributed by atoms with Crippen molar-refractivity contribution in [1.82, 2.24) is 24.8 Å². The molecule has 1 atom stereocenters. The molecule has 4 rings (SSSR count). The number of hydrogen-bond donors (Lipinski definition) is 1. The Morgan fingerprint density at radius 3 is 2.89 bits per heavy atom. The zero-order valence-corrected chi connectivity index (χ0v) is 15.6. The Kier molecular flexibility index (Phi) is 5.38. The average Bonchev–Trinajstić information content (AvgIpc) is 3.27. The van der Waals surface area contributed by atoms with E-state index >= 15 is 0 Å². The van der Waals surface area contributed by atoms with Crippen LogP contribution in [0.5, 0.6) is 0 Å². The predicted octanol–water partition coefficient (Wildman–Crippen LogP) is 0.507. The third-order valence-corrected chi connectivity index (χ3v) is 5.39. The number of amides is 1. The van der Waals surface area contributed by atoms with E-state index in [0.717, 1.165) is 24.1 Å². The molecule has 2 aliphatic rings. The highest BCUT2D eigenvalue weighted by Gasteiger charge is 2.36. The van der Waals surface area contributed by atoms with Gasteiger partial charge in [0.15, 0.2) is 0 Å². The zero-order valence-electron chi connectivity index (χ0n) is 15.6. The van der Waals surface area contributed by atoms with Crippen molar-refractivity contribution in [3.63, 3.8) is 0 Å². The van der Waals surface area contributed by atoms with Crippen LogP contribution in [-0.4, -0.2) is 87.3 Å². The van der Waals surface area contributed by atoms with Crippen LogP contribution in [0.2, 0.25) is 0 Å². The van der Waals surface area contributed by atoms with Gasteiger partial charge in [-0.05, 0) is 38.1 Å². The highest BCUT2D eigenvalue weighted by atomic mass is 16.5. The molecule has 8 heteroatoms. The van der Waals surface area contributed by atoms with Crippen molar-refractivity contribution in [3.8, 4) is 0 Å². The number of ether oxygens (including phenoxy) is 1. The number of benzene rings is 1. The molecule has 0 saturated carbocycles. The number of β-amino-alcohol motifs (C(OH)–C–C–N with tert-alkyl or cyclic N) is 1. The first-order valence-electron chi connectivity index (χ1n) is 9.71. The summed E-state index contributed by atoms with van der Waals surface area (Å²) in [4.78, 5) is 16.8. The highest BCUT2D eigenvalue weighted by Crippen LogP contribution is 2.19. The van der Waals surface area contributed by atoms with Gasteiger partial charge in [0.05, 0.1) is 31.8 Å². The first kappa shape index (κ1) is 18.3. The first-order chi connectivity index (χ1) is 13.1. The summed E-state index contributed by atoms with van der Waals surface area (Å²) in [6.07, 6.45) is 2.67. The number of aryl methyl sites for hydroxylation is 1. The first-order valence-corrected chi connectivity index (χ1v) is 9.71. The highest BCUT2D eigenvalue weighted by molar-refractivity contribution is 5.77. The second-order valence-corrected chi connectivity index (χ2v) is 7.63. The molecule has 0 spiro atoms. The molecular formula is C19H27N5O3. The number of aliphatic hydroxyl groups is 1. The fraction of sp³-hybridized carbons (Fsp3) is 0.632. The number of carbonyl (C=O) groups is 1. The monoisotopic (exact) mass is 373 g/mol. The van der Waals surface area contributed by atoms with Gasteiger partial charge in [0, 0.05) is 19.5 Å². The third kappa shape index (κ3) is 4.28. The van der Waals surface area contributed by atoms with E-state index in [0.29, 0.717) is 39.2 Å². The summed E-state index contributed by atoms with van der Waals surface area (Å²) in [5.74, 6) is 0.0138. The smallest absolute Gasteiger partial charge is 0.224 e. The molecule has 1 aromatic heterocycles. The average molecular weight is 373 g/mol. The Morgan fingerprint density at radius 1 is 1.22 bits per heavy atom. The standard InChI is InChI=1S/C19H27N5O3/c25-18(7-10-24-17-6-2-1-5-16(17)20-21-24)23-11-12-27-15-19(26,14-23)13-22-8-3-4-9-22/h1-2,5-6,26H,3-4,7-15H2/t19-/m1/s1. The number of carbonyl (C=O) groups excluding carboxylic acids is 1. The number of nitrogens with zero attached hydrogens (tertiary/aromatic N) is 5. The SMILES string of the molecule is O=C(CCn1nnc2ccccc21)N1CCOC[C@@](O)(CN2CCCC2)C1. The van der Waals surface area contributed by atoms with Gasteiger partial charge in [-0.1, -0.05) is 17.3 Å². The fourth-order valence-corrected chi connectivity index (χ4v) is 4.02. The minimum atomic E-state index is -1.00. The molecule has 2 aliphatic heterocycles. The number of hydrogen-bond acceptors (Lipinski definition) is 6. The van der Waals surface area contributed by atoms with Gasteiger partial charge in [-0.25, -0.2) is 4.68 Å². The minimum Gasteiger partial charge on any atom is -0.384 e. The Bertz CT molecular complexity index is 788. The second-order valence-electron chi connectivity index (χ2n) is 7.63. The van der Waals surface area contributed by atoms with Gasteiger partial charge in [-0.2, -0.15) is 0 Å². The lowest BCUT2D eigenvalue weighted by atomic mass is 10.0. The number of rotatable bonds is 5. The molecule has 1 amide bonds. The van der Waals surface area contributed by atoms with Crippen LogP contribution >= 0.6 is 0 Å². The molecule has 8 nitrogen and oxygen atoms in total. The van der Waals surface area contributed by atoms with Crippen LogP contribution in [0.3, 0.4) is 0 Å². The van der Waals surface area contributed by atoms with Crippen molar-refractivity contribution in [1.29, 1.82) is 0 Å². The molecule has 3 heterocycles. The molecule has 1 N–H and O–H groups in total. The van der Waals surface area contributed by atoms with E-state index in [4.69, 9.17) is 4.74 Å². The molecule has 27 heavy (non-hydrogen) atoms. The van der Waals surface area contributed by atoms with Crippen LogP contribution in [-0.2, 0) is 16.1 Å². The Hall–Kier alpha value is -2.03. The zero-order chi connectivity index (χ0) is 18.7. The largest absolute Gasteiger partial charge is 0.384 e. The number of aromatic nitrogens is 3. The lowest BCUT2D eigenvalue weighted by molar-refractivity contribution is -0.134. The number of fused-ring (bicyclic) bond motifs is 1. The van der Waals surface area contributed by atoms with E-state index in [1.807, 2.05) is 24.3 Å². The lowest BCUT2D eigenvalue weighted by Gasteiger charge is -2.34. The van der Waals surface area contributed by atoms with Gasteiger partial charge in [-0.15, -0.1) is 5.10 Å². The lowest BCUT2D eigenvalue weighted by Crippen LogP contribution is -2.53. The van der Waals surface area contributed by atoms with E-state index in [-0.39, 0.29) is 12.5 Å². The van der Waals surface area contributed by atoms with Crippen LogP contribution in [0.25, 0.3) is 11.0 Å². The van der Waals surface area contributed by atoms with Crippen molar-refractivity contribution in [2.75, 3.05) is 45.9 Å². The van der Waals surface area contributed by atoms with Gasteiger partial charge in [0.1, 0.15) is 11.1 Å². The molecule has 1 aromatic carbocycles. The molecule has 0 aliphatic carbocycles. The van der Waals surface area contributed by atoms with Gasteiger partial charge < -0.3 is 19.6 Å². The van der Waals surface area contributed by atoms with Gasteiger partial charge in [0.25, 0.3) is 0 Å². The normalized spacial score (nSPS) is 24.4. The molecule has 2 fully saturated rings. The summed E-state index contributed by atoms with van der Waals surface area (Å²) in [7, 11) is 0. The van der Waals surface area contributed by atoms with Crippen LogP contribution in [0, 0.1) is 0 Å². The minimum absolute atomic E-state index is 0.0138.